The molecular formula is C15H20N2O2S3. The number of rotatable bonds is 5. The third-order valence-electron chi connectivity index (χ3n) is 3.85. The van der Waals surface area contributed by atoms with Gasteiger partial charge in [-0.25, -0.2) is 18.1 Å². The molecule has 1 saturated carbocycles. The van der Waals surface area contributed by atoms with Gasteiger partial charge in [-0.3, -0.25) is 0 Å². The maximum absolute atomic E-state index is 12.5. The van der Waals surface area contributed by atoms with Gasteiger partial charge in [-0.2, -0.15) is 0 Å². The average Bonchev–Trinajstić information content (AvgIpc) is 2.89. The van der Waals surface area contributed by atoms with E-state index in [9.17, 15) is 8.42 Å². The van der Waals surface area contributed by atoms with Gasteiger partial charge >= 0.3 is 0 Å². The highest BCUT2D eigenvalue weighted by Gasteiger charge is 2.22. The fourth-order valence-corrected chi connectivity index (χ4v) is 6.15. The highest BCUT2D eigenvalue weighted by Crippen LogP contribution is 2.31. The number of benzene rings is 1. The molecule has 0 aliphatic heterocycles. The smallest absolute Gasteiger partial charge is 0.230 e. The maximum Gasteiger partial charge on any atom is 0.240 e. The van der Waals surface area contributed by atoms with Crippen molar-refractivity contribution in [2.24, 2.45) is 0 Å². The molecule has 0 bridgehead atoms. The lowest BCUT2D eigenvalue weighted by Crippen LogP contribution is -2.36. The molecule has 22 heavy (non-hydrogen) atoms. The van der Waals surface area contributed by atoms with E-state index in [2.05, 4.69) is 16.6 Å². The van der Waals surface area contributed by atoms with Gasteiger partial charge in [0.15, 0.2) is 4.34 Å². The molecule has 3 rings (SSSR count). The standard InChI is InChI=1S/C15H20N2O2S3/c1-2-20-15-16-13-9-8-12(10-14(13)21-15)22(18,19)17-11-6-4-3-5-7-11/h8-11,17H,2-7H2,1H3. The van der Waals surface area contributed by atoms with Crippen LogP contribution in [-0.2, 0) is 10.0 Å². The highest BCUT2D eigenvalue weighted by molar-refractivity contribution is 8.01. The van der Waals surface area contributed by atoms with Crippen LogP contribution in [0.15, 0.2) is 27.4 Å². The third kappa shape index (κ3) is 3.64. The Morgan fingerprint density at radius 3 is 2.82 bits per heavy atom. The number of sulfonamides is 1. The zero-order valence-electron chi connectivity index (χ0n) is 12.5. The molecule has 2 aromatic rings. The van der Waals surface area contributed by atoms with E-state index in [1.165, 1.54) is 6.42 Å². The number of nitrogens with zero attached hydrogens (tertiary/aromatic N) is 1. The molecule has 0 atom stereocenters. The van der Waals surface area contributed by atoms with Crippen LogP contribution in [0, 0.1) is 0 Å². The third-order valence-corrected chi connectivity index (χ3v) is 7.41. The van der Waals surface area contributed by atoms with Gasteiger partial charge in [0, 0.05) is 6.04 Å². The first kappa shape index (κ1) is 16.2. The molecule has 0 unspecified atom stereocenters. The van der Waals surface area contributed by atoms with Crippen molar-refractivity contribution < 1.29 is 8.42 Å². The number of thioether (sulfide) groups is 1. The van der Waals surface area contributed by atoms with E-state index in [1.807, 2.05) is 0 Å². The lowest BCUT2D eigenvalue weighted by atomic mass is 9.96. The van der Waals surface area contributed by atoms with Crippen molar-refractivity contribution in [2.45, 2.75) is 54.3 Å². The molecule has 0 radical (unpaired) electrons. The number of aromatic nitrogens is 1. The first-order valence-corrected chi connectivity index (χ1v) is 10.9. The molecule has 1 heterocycles. The Morgan fingerprint density at radius 1 is 1.32 bits per heavy atom. The number of fused-ring (bicyclic) bond motifs is 1. The maximum atomic E-state index is 12.5. The minimum Gasteiger partial charge on any atom is -0.230 e. The molecule has 1 aromatic carbocycles. The molecule has 1 aromatic heterocycles. The number of thiazole rings is 1. The fraction of sp³-hybridized carbons (Fsp3) is 0.533. The summed E-state index contributed by atoms with van der Waals surface area (Å²) in [4.78, 5) is 4.86. The first-order chi connectivity index (χ1) is 10.6. The van der Waals surface area contributed by atoms with E-state index >= 15 is 0 Å². The molecule has 4 nitrogen and oxygen atoms in total. The second-order valence-electron chi connectivity index (χ2n) is 5.50. The van der Waals surface area contributed by atoms with E-state index in [0.717, 1.165) is 46.0 Å². The van der Waals surface area contributed by atoms with Gasteiger partial charge in [0.2, 0.25) is 10.0 Å². The summed E-state index contributed by atoms with van der Waals surface area (Å²) in [6.07, 6.45) is 5.32. The molecule has 7 heteroatoms. The number of hydrogen-bond acceptors (Lipinski definition) is 5. The van der Waals surface area contributed by atoms with Crippen LogP contribution in [0.3, 0.4) is 0 Å². The van der Waals surface area contributed by atoms with Crippen molar-refractivity contribution >= 4 is 43.3 Å². The Hall–Kier alpha value is -0.630. The summed E-state index contributed by atoms with van der Waals surface area (Å²) in [7, 11) is -3.43. The second-order valence-corrected chi connectivity index (χ2v) is 9.75. The second kappa shape index (κ2) is 6.86. The molecule has 120 valence electrons. The van der Waals surface area contributed by atoms with Crippen molar-refractivity contribution in [1.29, 1.82) is 0 Å². The Morgan fingerprint density at radius 2 is 2.09 bits per heavy atom. The molecule has 0 amide bonds. The van der Waals surface area contributed by atoms with Gasteiger partial charge in [0.1, 0.15) is 0 Å². The average molecular weight is 357 g/mol. The number of hydrogen-bond donors (Lipinski definition) is 1. The summed E-state index contributed by atoms with van der Waals surface area (Å²) >= 11 is 3.24. The van der Waals surface area contributed by atoms with Crippen LogP contribution in [0.4, 0.5) is 0 Å². The summed E-state index contributed by atoms with van der Waals surface area (Å²) in [5, 5.41) is 0. The summed E-state index contributed by atoms with van der Waals surface area (Å²) in [5.41, 5.74) is 0.873. The van der Waals surface area contributed by atoms with E-state index in [-0.39, 0.29) is 6.04 Å². The van der Waals surface area contributed by atoms with Crippen LogP contribution in [0.25, 0.3) is 10.2 Å². The van der Waals surface area contributed by atoms with E-state index in [0.29, 0.717) is 4.90 Å². The normalized spacial score (nSPS) is 17.1. The molecule has 1 aliphatic carbocycles. The quantitative estimate of drug-likeness (QED) is 0.822. The van der Waals surface area contributed by atoms with Gasteiger partial charge in [0.25, 0.3) is 0 Å². The Balaban J connectivity index is 1.84. The predicted octanol–water partition coefficient (Wildman–Crippen LogP) is 4.02. The van der Waals surface area contributed by atoms with Gasteiger partial charge in [-0.05, 0) is 36.8 Å². The monoisotopic (exact) mass is 356 g/mol. The van der Waals surface area contributed by atoms with Gasteiger partial charge in [-0.1, -0.05) is 37.9 Å². The summed E-state index contributed by atoms with van der Waals surface area (Å²) in [6.45, 7) is 2.08. The summed E-state index contributed by atoms with van der Waals surface area (Å²) in [6, 6.07) is 5.30. The van der Waals surface area contributed by atoms with Crippen LogP contribution in [0.2, 0.25) is 0 Å². The summed E-state index contributed by atoms with van der Waals surface area (Å²) < 4.78 is 29.9. The Kier molecular flexibility index (Phi) is 5.07. The molecule has 0 saturated heterocycles. The van der Waals surface area contributed by atoms with Crippen LogP contribution >= 0.6 is 23.1 Å². The molecule has 1 N–H and O–H groups in total. The van der Waals surface area contributed by atoms with Gasteiger partial charge in [0.05, 0.1) is 15.1 Å². The SMILES string of the molecule is CCSc1nc2ccc(S(=O)(=O)NC3CCCCC3)cc2s1. The molecule has 0 spiro atoms. The zero-order chi connectivity index (χ0) is 15.6. The Labute approximate surface area is 139 Å². The van der Waals surface area contributed by atoms with E-state index < -0.39 is 10.0 Å². The van der Waals surface area contributed by atoms with Crippen molar-refractivity contribution in [2.75, 3.05) is 5.75 Å². The van der Waals surface area contributed by atoms with E-state index in [4.69, 9.17) is 0 Å². The zero-order valence-corrected chi connectivity index (χ0v) is 15.0. The van der Waals surface area contributed by atoms with Crippen LogP contribution in [-0.4, -0.2) is 25.2 Å². The Bertz CT molecular complexity index is 749. The van der Waals surface area contributed by atoms with Gasteiger partial charge in [-0.15, -0.1) is 11.3 Å². The topological polar surface area (TPSA) is 59.1 Å². The number of nitrogens with one attached hydrogen (secondary N) is 1. The minimum absolute atomic E-state index is 0.0853. The van der Waals surface area contributed by atoms with Crippen molar-refractivity contribution in [3.05, 3.63) is 18.2 Å². The van der Waals surface area contributed by atoms with Crippen LogP contribution in [0.5, 0.6) is 0 Å². The van der Waals surface area contributed by atoms with Crippen LogP contribution < -0.4 is 4.72 Å². The van der Waals surface area contributed by atoms with Crippen LogP contribution in [0.1, 0.15) is 39.0 Å². The minimum atomic E-state index is -3.43. The molecule has 1 fully saturated rings. The van der Waals surface area contributed by atoms with Gasteiger partial charge < -0.3 is 0 Å². The largest absolute Gasteiger partial charge is 0.240 e. The van der Waals surface area contributed by atoms with E-state index in [1.54, 1.807) is 41.3 Å². The van der Waals surface area contributed by atoms with Crippen molar-refractivity contribution in [3.8, 4) is 0 Å². The molecular weight excluding hydrogens is 336 g/mol. The highest BCUT2D eigenvalue weighted by atomic mass is 32.2. The van der Waals surface area contributed by atoms with Crippen molar-refractivity contribution in [3.63, 3.8) is 0 Å². The lowest BCUT2D eigenvalue weighted by Gasteiger charge is -2.22. The fourth-order valence-electron chi connectivity index (χ4n) is 2.74. The molecule has 1 aliphatic rings. The predicted molar refractivity (Wildman–Crippen MR) is 93.2 cm³/mol. The lowest BCUT2D eigenvalue weighted by molar-refractivity contribution is 0.412. The first-order valence-electron chi connectivity index (χ1n) is 7.64. The van der Waals surface area contributed by atoms with Crippen molar-refractivity contribution in [1.82, 2.24) is 9.71 Å². The summed E-state index contributed by atoms with van der Waals surface area (Å²) in [5.74, 6) is 0.966.